The first-order chi connectivity index (χ1) is 6.18. The van der Waals surface area contributed by atoms with E-state index >= 15 is 0 Å². The molecule has 1 unspecified atom stereocenters. The number of nitrogens with one attached hydrogen (secondary N) is 1. The van der Waals surface area contributed by atoms with Gasteiger partial charge in [-0.2, -0.15) is 0 Å². The van der Waals surface area contributed by atoms with Crippen molar-refractivity contribution in [1.29, 1.82) is 0 Å². The highest BCUT2D eigenvalue weighted by Crippen LogP contribution is 2.32. The highest BCUT2D eigenvalue weighted by Gasteiger charge is 2.16. The minimum Gasteiger partial charge on any atom is -0.382 e. The lowest BCUT2D eigenvalue weighted by atomic mass is 9.96. The van der Waals surface area contributed by atoms with Crippen LogP contribution in [-0.4, -0.2) is 6.04 Å². The van der Waals surface area contributed by atoms with Crippen molar-refractivity contribution < 1.29 is 0 Å². The molecule has 0 saturated carbocycles. The third kappa shape index (κ3) is 1.60. The summed E-state index contributed by atoms with van der Waals surface area (Å²) in [6, 6.07) is 4.97. The van der Waals surface area contributed by atoms with Crippen LogP contribution in [0.4, 0.5) is 5.69 Å². The fraction of sp³-hybridized carbons (Fsp3) is 0.455. The van der Waals surface area contributed by atoms with Crippen molar-refractivity contribution in [1.82, 2.24) is 0 Å². The predicted molar refractivity (Wildman–Crippen MR) is 60.3 cm³/mol. The van der Waals surface area contributed by atoms with Crippen LogP contribution in [0.2, 0.25) is 0 Å². The molecule has 0 fully saturated rings. The molecule has 0 amide bonds. The van der Waals surface area contributed by atoms with E-state index in [1.54, 1.807) is 0 Å². The van der Waals surface area contributed by atoms with E-state index in [1.165, 1.54) is 34.1 Å². The number of benzene rings is 1. The topological polar surface area (TPSA) is 12.0 Å². The molecular weight excluding hydrogens is 226 g/mol. The van der Waals surface area contributed by atoms with Crippen molar-refractivity contribution in [3.63, 3.8) is 0 Å². The Hall–Kier alpha value is -0.500. The molecule has 0 aromatic heterocycles. The highest BCUT2D eigenvalue weighted by molar-refractivity contribution is 9.10. The molecule has 0 bridgehead atoms. The average Bonchev–Trinajstić information content (AvgIpc) is 2.12. The summed E-state index contributed by atoms with van der Waals surface area (Å²) < 4.78 is 1.20. The van der Waals surface area contributed by atoms with E-state index in [-0.39, 0.29) is 0 Å². The van der Waals surface area contributed by atoms with Gasteiger partial charge in [-0.05, 0) is 43.9 Å². The Morgan fingerprint density at radius 1 is 1.46 bits per heavy atom. The first-order valence-electron chi connectivity index (χ1n) is 4.73. The first-order valence-corrected chi connectivity index (χ1v) is 5.52. The summed E-state index contributed by atoms with van der Waals surface area (Å²) in [6.45, 7) is 4.40. The Kier molecular flexibility index (Phi) is 2.33. The van der Waals surface area contributed by atoms with Gasteiger partial charge in [0, 0.05) is 16.2 Å². The fourth-order valence-electron chi connectivity index (χ4n) is 1.84. The van der Waals surface area contributed by atoms with Crippen LogP contribution in [0.15, 0.2) is 16.6 Å². The van der Waals surface area contributed by atoms with Crippen LogP contribution in [0.3, 0.4) is 0 Å². The lowest BCUT2D eigenvalue weighted by molar-refractivity contribution is 0.679. The van der Waals surface area contributed by atoms with Crippen molar-refractivity contribution in [2.45, 2.75) is 32.7 Å². The van der Waals surface area contributed by atoms with Gasteiger partial charge in [-0.3, -0.25) is 0 Å². The van der Waals surface area contributed by atoms with Gasteiger partial charge in [-0.15, -0.1) is 0 Å². The molecule has 0 aliphatic carbocycles. The zero-order valence-corrected chi connectivity index (χ0v) is 9.61. The quantitative estimate of drug-likeness (QED) is 0.731. The van der Waals surface area contributed by atoms with Gasteiger partial charge in [0.15, 0.2) is 0 Å². The van der Waals surface area contributed by atoms with Gasteiger partial charge < -0.3 is 5.32 Å². The normalized spacial score (nSPS) is 20.7. The summed E-state index contributed by atoms with van der Waals surface area (Å²) in [5, 5.41) is 3.54. The molecule has 0 spiro atoms. The standard InChI is InChI=1S/C11H14BrN/c1-7-3-4-9-5-6-10(12)8(2)11(9)13-7/h5-7,13H,3-4H2,1-2H3. The van der Waals surface area contributed by atoms with E-state index in [2.05, 4.69) is 47.2 Å². The molecule has 1 aliphatic rings. The van der Waals surface area contributed by atoms with E-state index in [1.807, 2.05) is 0 Å². The van der Waals surface area contributed by atoms with Gasteiger partial charge in [0.1, 0.15) is 0 Å². The van der Waals surface area contributed by atoms with Crippen LogP contribution in [0, 0.1) is 6.92 Å². The van der Waals surface area contributed by atoms with E-state index in [9.17, 15) is 0 Å². The van der Waals surface area contributed by atoms with E-state index in [0.29, 0.717) is 6.04 Å². The zero-order valence-electron chi connectivity index (χ0n) is 8.02. The molecule has 2 heteroatoms. The molecule has 1 N–H and O–H groups in total. The number of hydrogen-bond acceptors (Lipinski definition) is 1. The van der Waals surface area contributed by atoms with Gasteiger partial charge in [-0.1, -0.05) is 22.0 Å². The molecule has 1 aliphatic heterocycles. The summed E-state index contributed by atoms with van der Waals surface area (Å²) in [5.41, 5.74) is 4.14. The number of rotatable bonds is 0. The maximum Gasteiger partial charge on any atom is 0.0415 e. The number of anilines is 1. The van der Waals surface area contributed by atoms with Gasteiger partial charge >= 0.3 is 0 Å². The Bertz CT molecular complexity index is 333. The van der Waals surface area contributed by atoms with Crippen LogP contribution in [-0.2, 0) is 6.42 Å². The molecule has 1 heterocycles. The predicted octanol–water partition coefficient (Wildman–Crippen LogP) is 3.50. The lowest BCUT2D eigenvalue weighted by Gasteiger charge is -2.26. The Morgan fingerprint density at radius 2 is 2.23 bits per heavy atom. The Morgan fingerprint density at radius 3 is 3.00 bits per heavy atom. The Labute approximate surface area is 87.7 Å². The van der Waals surface area contributed by atoms with Gasteiger partial charge in [0.2, 0.25) is 0 Å². The summed E-state index contributed by atoms with van der Waals surface area (Å²) in [7, 11) is 0. The molecule has 0 radical (unpaired) electrons. The molecule has 1 aromatic rings. The number of halogens is 1. The molecule has 1 aromatic carbocycles. The minimum atomic E-state index is 0.612. The van der Waals surface area contributed by atoms with E-state index in [0.717, 1.165) is 0 Å². The van der Waals surface area contributed by atoms with Crippen molar-refractivity contribution in [2.24, 2.45) is 0 Å². The van der Waals surface area contributed by atoms with Crippen molar-refractivity contribution in [3.8, 4) is 0 Å². The number of hydrogen-bond donors (Lipinski definition) is 1. The Balaban J connectivity index is 2.48. The van der Waals surface area contributed by atoms with Gasteiger partial charge in [0.05, 0.1) is 0 Å². The minimum absolute atomic E-state index is 0.612. The number of fused-ring (bicyclic) bond motifs is 1. The highest BCUT2D eigenvalue weighted by atomic mass is 79.9. The van der Waals surface area contributed by atoms with Crippen molar-refractivity contribution in [2.75, 3.05) is 5.32 Å². The SMILES string of the molecule is Cc1c(Br)ccc2c1NC(C)CC2. The van der Waals surface area contributed by atoms with Crippen LogP contribution >= 0.6 is 15.9 Å². The van der Waals surface area contributed by atoms with Gasteiger partial charge in [0.25, 0.3) is 0 Å². The maximum atomic E-state index is 3.55. The summed E-state index contributed by atoms with van der Waals surface area (Å²) in [6.07, 6.45) is 2.45. The average molecular weight is 240 g/mol. The van der Waals surface area contributed by atoms with Crippen molar-refractivity contribution >= 4 is 21.6 Å². The van der Waals surface area contributed by atoms with Crippen LogP contribution in [0.5, 0.6) is 0 Å². The zero-order chi connectivity index (χ0) is 9.42. The summed E-state index contributed by atoms with van der Waals surface area (Å²) >= 11 is 3.55. The van der Waals surface area contributed by atoms with Crippen LogP contribution in [0.1, 0.15) is 24.5 Å². The summed E-state index contributed by atoms with van der Waals surface area (Å²) in [5.74, 6) is 0. The molecule has 13 heavy (non-hydrogen) atoms. The maximum absolute atomic E-state index is 3.55. The van der Waals surface area contributed by atoms with Crippen molar-refractivity contribution in [3.05, 3.63) is 27.7 Å². The second kappa shape index (κ2) is 3.33. The molecule has 1 atom stereocenters. The van der Waals surface area contributed by atoms with E-state index in [4.69, 9.17) is 0 Å². The second-order valence-electron chi connectivity index (χ2n) is 3.79. The van der Waals surface area contributed by atoms with Crippen LogP contribution in [0.25, 0.3) is 0 Å². The molecule has 70 valence electrons. The largest absolute Gasteiger partial charge is 0.382 e. The molecule has 2 rings (SSSR count). The monoisotopic (exact) mass is 239 g/mol. The summed E-state index contributed by atoms with van der Waals surface area (Å²) in [4.78, 5) is 0. The smallest absolute Gasteiger partial charge is 0.0415 e. The van der Waals surface area contributed by atoms with E-state index < -0.39 is 0 Å². The molecule has 0 saturated heterocycles. The second-order valence-corrected chi connectivity index (χ2v) is 4.64. The first kappa shape index (κ1) is 9.07. The molecular formula is C11H14BrN. The fourth-order valence-corrected chi connectivity index (χ4v) is 2.17. The lowest BCUT2D eigenvalue weighted by Crippen LogP contribution is -2.22. The van der Waals surface area contributed by atoms with Crippen LogP contribution < -0.4 is 5.32 Å². The molecule has 1 nitrogen and oxygen atoms in total. The third-order valence-electron chi connectivity index (χ3n) is 2.72. The third-order valence-corrected chi connectivity index (χ3v) is 3.58. The van der Waals surface area contributed by atoms with Gasteiger partial charge in [-0.25, -0.2) is 0 Å². The number of aryl methyl sites for hydroxylation is 1.